The molecule has 0 radical (unpaired) electrons. The molecule has 1 atom stereocenters. The van der Waals surface area contributed by atoms with E-state index in [4.69, 9.17) is 0 Å². The smallest absolute Gasteiger partial charge is 0.324 e. The minimum Gasteiger partial charge on any atom is -0.324 e. The summed E-state index contributed by atoms with van der Waals surface area (Å²) in [6.45, 7) is 2.24. The maximum Gasteiger partial charge on any atom is 0.416 e. The molecule has 7 heteroatoms. The molecule has 1 aliphatic carbocycles. The molecule has 0 bridgehead atoms. The van der Waals surface area contributed by atoms with Crippen molar-refractivity contribution < 1.29 is 22.4 Å². The van der Waals surface area contributed by atoms with Gasteiger partial charge in [-0.1, -0.05) is 24.3 Å². The zero-order valence-corrected chi connectivity index (χ0v) is 15.5. The molecule has 0 aliphatic heterocycles. The Morgan fingerprint density at radius 3 is 2.54 bits per heavy atom. The highest BCUT2D eigenvalue weighted by Crippen LogP contribution is 2.36. The number of carbonyl (C=O) groups excluding carboxylic acids is 1. The van der Waals surface area contributed by atoms with Crippen LogP contribution >= 0.6 is 0 Å². The van der Waals surface area contributed by atoms with Crippen molar-refractivity contribution >= 4 is 11.6 Å². The van der Waals surface area contributed by atoms with Crippen molar-refractivity contribution in [3.05, 3.63) is 65.5 Å². The molecule has 3 nitrogen and oxygen atoms in total. The van der Waals surface area contributed by atoms with Crippen molar-refractivity contribution in [1.29, 1.82) is 0 Å². The van der Waals surface area contributed by atoms with E-state index in [-0.39, 0.29) is 30.1 Å². The maximum absolute atomic E-state index is 13.7. The summed E-state index contributed by atoms with van der Waals surface area (Å²) in [6, 6.07) is 11.2. The number of anilines is 1. The Balaban J connectivity index is 1.65. The lowest BCUT2D eigenvalue weighted by Gasteiger charge is -2.29. The van der Waals surface area contributed by atoms with Gasteiger partial charge in [-0.15, -0.1) is 0 Å². The number of hydrogen-bond acceptors (Lipinski definition) is 2. The normalized spacial score (nSPS) is 15.5. The van der Waals surface area contributed by atoms with E-state index in [2.05, 4.69) is 10.2 Å². The Morgan fingerprint density at radius 2 is 1.89 bits per heavy atom. The van der Waals surface area contributed by atoms with Gasteiger partial charge in [-0.2, -0.15) is 13.2 Å². The predicted octanol–water partition coefficient (Wildman–Crippen LogP) is 5.40. The van der Waals surface area contributed by atoms with Crippen LogP contribution in [0.15, 0.2) is 48.5 Å². The number of hydrogen-bond donors (Lipinski definition) is 1. The lowest BCUT2D eigenvalue weighted by molar-refractivity contribution is -0.137. The monoisotopic (exact) mass is 394 g/mol. The number of benzene rings is 2. The van der Waals surface area contributed by atoms with Crippen LogP contribution in [0.4, 0.5) is 23.2 Å². The molecule has 1 saturated carbocycles. The summed E-state index contributed by atoms with van der Waals surface area (Å²) in [6.07, 6.45) is -2.34. The van der Waals surface area contributed by atoms with Crippen molar-refractivity contribution in [2.24, 2.45) is 0 Å². The van der Waals surface area contributed by atoms with Crippen LogP contribution in [-0.4, -0.2) is 23.4 Å². The summed E-state index contributed by atoms with van der Waals surface area (Å²) >= 11 is 0. The van der Waals surface area contributed by atoms with Crippen LogP contribution in [0.1, 0.15) is 43.4 Å². The molecule has 1 N–H and O–H groups in total. The van der Waals surface area contributed by atoms with Crippen molar-refractivity contribution in [2.75, 3.05) is 11.9 Å². The van der Waals surface area contributed by atoms with Crippen LogP contribution in [0.5, 0.6) is 0 Å². The van der Waals surface area contributed by atoms with Crippen LogP contribution in [0, 0.1) is 5.82 Å². The van der Waals surface area contributed by atoms with Crippen LogP contribution in [-0.2, 0) is 11.0 Å². The minimum atomic E-state index is -4.39. The molecule has 28 heavy (non-hydrogen) atoms. The van der Waals surface area contributed by atoms with Crippen LogP contribution in [0.2, 0.25) is 0 Å². The lowest BCUT2D eigenvalue weighted by Crippen LogP contribution is -2.32. The molecule has 1 aliphatic rings. The topological polar surface area (TPSA) is 32.3 Å². The fraction of sp³-hybridized carbons (Fsp3) is 0.381. The summed E-state index contributed by atoms with van der Waals surface area (Å²) in [5, 5.41) is 2.54. The van der Waals surface area contributed by atoms with Crippen LogP contribution < -0.4 is 5.32 Å². The third kappa shape index (κ3) is 5.10. The summed E-state index contributed by atoms with van der Waals surface area (Å²) in [5.41, 5.74) is 0.0116. The van der Waals surface area contributed by atoms with Crippen LogP contribution in [0.25, 0.3) is 0 Å². The average Bonchev–Trinajstić information content (AvgIpc) is 3.48. The second kappa shape index (κ2) is 8.31. The van der Waals surface area contributed by atoms with E-state index in [1.54, 1.807) is 12.1 Å². The molecule has 2 aromatic carbocycles. The number of nitrogens with zero attached hydrogens (tertiary/aromatic N) is 1. The van der Waals surface area contributed by atoms with Crippen molar-refractivity contribution in [1.82, 2.24) is 4.90 Å². The van der Waals surface area contributed by atoms with Gasteiger partial charge < -0.3 is 5.32 Å². The van der Waals surface area contributed by atoms with Gasteiger partial charge in [0.1, 0.15) is 5.82 Å². The second-order valence-corrected chi connectivity index (χ2v) is 7.05. The number of rotatable bonds is 7. The molecule has 0 spiro atoms. The van der Waals surface area contributed by atoms with Gasteiger partial charge >= 0.3 is 6.18 Å². The molecular weight excluding hydrogens is 372 g/mol. The Morgan fingerprint density at radius 1 is 1.18 bits per heavy atom. The number of amides is 1. The van der Waals surface area contributed by atoms with Gasteiger partial charge in [0.25, 0.3) is 0 Å². The zero-order valence-electron chi connectivity index (χ0n) is 15.5. The third-order valence-electron chi connectivity index (χ3n) is 4.95. The Kier molecular flexibility index (Phi) is 6.03. The standard InChI is InChI=1S/C21H22F4N2O/c1-14(15-5-4-6-16(13-15)21(23,24)25)27(17-9-10-17)12-11-20(28)26-19-8-3-2-7-18(19)22/h2-8,13-14,17H,9-12H2,1H3,(H,26,28). The van der Waals surface area contributed by atoms with Gasteiger partial charge in [-0.05, 0) is 49.6 Å². The molecule has 2 aromatic rings. The largest absolute Gasteiger partial charge is 0.416 e. The number of nitrogens with one attached hydrogen (secondary N) is 1. The van der Waals surface area contributed by atoms with E-state index < -0.39 is 17.6 Å². The van der Waals surface area contributed by atoms with Gasteiger partial charge in [0.15, 0.2) is 0 Å². The first-order chi connectivity index (χ1) is 13.3. The van der Waals surface area contributed by atoms with E-state index in [0.717, 1.165) is 18.9 Å². The van der Waals surface area contributed by atoms with Gasteiger partial charge in [0.05, 0.1) is 11.3 Å². The van der Waals surface area contributed by atoms with Gasteiger partial charge in [0.2, 0.25) is 5.91 Å². The molecule has 1 unspecified atom stereocenters. The molecular formula is C21H22F4N2O. The predicted molar refractivity (Wildman–Crippen MR) is 99.2 cm³/mol. The van der Waals surface area contributed by atoms with E-state index in [0.29, 0.717) is 12.1 Å². The number of para-hydroxylation sites is 1. The Bertz CT molecular complexity index is 833. The second-order valence-electron chi connectivity index (χ2n) is 7.05. The van der Waals surface area contributed by atoms with Gasteiger partial charge in [0, 0.05) is 25.0 Å². The highest BCUT2D eigenvalue weighted by Gasteiger charge is 2.35. The van der Waals surface area contributed by atoms with E-state index in [1.807, 2.05) is 6.92 Å². The molecule has 150 valence electrons. The summed E-state index contributed by atoms with van der Waals surface area (Å²) in [7, 11) is 0. The quantitative estimate of drug-likeness (QED) is 0.638. The van der Waals surface area contributed by atoms with Crippen LogP contribution in [0.3, 0.4) is 0 Å². The molecule has 1 amide bonds. The highest BCUT2D eigenvalue weighted by atomic mass is 19.4. The molecule has 3 rings (SSSR count). The van der Waals surface area contributed by atoms with Gasteiger partial charge in [-0.25, -0.2) is 4.39 Å². The summed E-state index contributed by atoms with van der Waals surface area (Å²) < 4.78 is 52.7. The maximum atomic E-state index is 13.7. The molecule has 1 fully saturated rings. The number of halogens is 4. The first kappa shape index (κ1) is 20.3. The van der Waals surface area contributed by atoms with E-state index in [9.17, 15) is 22.4 Å². The lowest BCUT2D eigenvalue weighted by atomic mass is 10.0. The first-order valence-electron chi connectivity index (χ1n) is 9.23. The van der Waals surface area contributed by atoms with E-state index in [1.165, 1.54) is 30.3 Å². The Hall–Kier alpha value is -2.41. The van der Waals surface area contributed by atoms with Crippen molar-refractivity contribution in [2.45, 2.75) is 44.4 Å². The summed E-state index contributed by atoms with van der Waals surface area (Å²) in [5.74, 6) is -0.834. The van der Waals surface area contributed by atoms with E-state index >= 15 is 0 Å². The molecule has 0 saturated heterocycles. The van der Waals surface area contributed by atoms with Crippen molar-refractivity contribution in [3.63, 3.8) is 0 Å². The first-order valence-corrected chi connectivity index (χ1v) is 9.23. The molecule has 0 heterocycles. The Labute approximate surface area is 161 Å². The zero-order chi connectivity index (χ0) is 20.3. The fourth-order valence-corrected chi connectivity index (χ4v) is 3.27. The fourth-order valence-electron chi connectivity index (χ4n) is 3.27. The van der Waals surface area contributed by atoms with Crippen molar-refractivity contribution in [3.8, 4) is 0 Å². The number of alkyl halides is 3. The SMILES string of the molecule is CC(c1cccc(C(F)(F)F)c1)N(CCC(=O)Nc1ccccc1F)C1CC1. The minimum absolute atomic E-state index is 0.122. The van der Waals surface area contributed by atoms with Gasteiger partial charge in [-0.3, -0.25) is 9.69 Å². The average molecular weight is 394 g/mol. The summed E-state index contributed by atoms with van der Waals surface area (Å²) in [4.78, 5) is 14.3. The number of carbonyl (C=O) groups is 1. The molecule has 0 aromatic heterocycles. The highest BCUT2D eigenvalue weighted by molar-refractivity contribution is 5.90. The third-order valence-corrected chi connectivity index (χ3v) is 4.95.